The lowest BCUT2D eigenvalue weighted by molar-refractivity contribution is -0.127. The number of benzene rings is 2. The summed E-state index contributed by atoms with van der Waals surface area (Å²) in [5.74, 6) is 2.29. The second-order valence-electron chi connectivity index (χ2n) is 8.56. The Morgan fingerprint density at radius 3 is 2.66 bits per heavy atom. The summed E-state index contributed by atoms with van der Waals surface area (Å²) < 4.78 is 16.5. The first-order valence-corrected chi connectivity index (χ1v) is 12.2. The molecule has 2 heterocycles. The number of ether oxygens (including phenoxy) is 2. The van der Waals surface area contributed by atoms with E-state index in [2.05, 4.69) is 20.4 Å². The zero-order valence-electron chi connectivity index (χ0n) is 19.7. The van der Waals surface area contributed by atoms with Gasteiger partial charge >= 0.3 is 0 Å². The average molecular weight is 519 g/mol. The Morgan fingerprint density at radius 1 is 1.20 bits per heavy atom. The molecule has 3 aromatic rings. The Labute approximate surface area is 214 Å². The summed E-state index contributed by atoms with van der Waals surface area (Å²) in [5, 5.41) is 8.13. The molecule has 186 valence electrons. The van der Waals surface area contributed by atoms with E-state index in [-0.39, 0.29) is 17.9 Å². The van der Waals surface area contributed by atoms with Crippen molar-refractivity contribution in [1.82, 2.24) is 20.4 Å². The predicted octanol–water partition coefficient (Wildman–Crippen LogP) is 4.85. The van der Waals surface area contributed by atoms with Gasteiger partial charge < -0.3 is 19.3 Å². The number of likely N-dealkylation sites (tertiary alicyclic amines) is 1. The first-order valence-electron chi connectivity index (χ1n) is 11.5. The van der Waals surface area contributed by atoms with E-state index in [1.807, 2.05) is 31.2 Å². The van der Waals surface area contributed by atoms with Gasteiger partial charge in [0.1, 0.15) is 6.61 Å². The van der Waals surface area contributed by atoms with Crippen molar-refractivity contribution in [2.24, 2.45) is 5.92 Å². The van der Waals surface area contributed by atoms with E-state index < -0.39 is 0 Å². The van der Waals surface area contributed by atoms with Crippen molar-refractivity contribution >= 4 is 29.1 Å². The third-order valence-corrected chi connectivity index (χ3v) is 6.45. The van der Waals surface area contributed by atoms with Crippen molar-refractivity contribution in [1.29, 1.82) is 0 Å². The van der Waals surface area contributed by atoms with Crippen molar-refractivity contribution < 1.29 is 18.8 Å². The maximum atomic E-state index is 12.8. The standard InChI is InChI=1S/C25H28Cl2N4O4/c1-16(15-34-22-6-4-3-5-21(22)33-2)28-25(32)17-9-11-31(12-10-17)14-23-29-24(30-35-23)19-8-7-18(26)13-20(19)27/h3-8,13,16-17H,9-12,14-15H2,1-2H3,(H,28,32). The highest BCUT2D eigenvalue weighted by atomic mass is 35.5. The van der Waals surface area contributed by atoms with Crippen molar-refractivity contribution in [3.8, 4) is 22.9 Å². The van der Waals surface area contributed by atoms with Crippen LogP contribution in [0.2, 0.25) is 10.0 Å². The van der Waals surface area contributed by atoms with Crippen LogP contribution in [0.1, 0.15) is 25.7 Å². The number of piperidine rings is 1. The molecule has 1 aromatic heterocycles. The van der Waals surface area contributed by atoms with Crippen LogP contribution in [0.5, 0.6) is 11.5 Å². The van der Waals surface area contributed by atoms with Gasteiger partial charge in [0.15, 0.2) is 11.5 Å². The average Bonchev–Trinajstić information content (AvgIpc) is 3.31. The van der Waals surface area contributed by atoms with Crippen LogP contribution < -0.4 is 14.8 Å². The Hall–Kier alpha value is -2.81. The van der Waals surface area contributed by atoms with Gasteiger partial charge in [0, 0.05) is 16.5 Å². The molecule has 1 amide bonds. The molecular formula is C25H28Cl2N4O4. The third kappa shape index (κ3) is 6.66. The summed E-state index contributed by atoms with van der Waals surface area (Å²) in [7, 11) is 1.60. The van der Waals surface area contributed by atoms with Gasteiger partial charge in [-0.2, -0.15) is 4.98 Å². The normalized spacial score (nSPS) is 15.5. The number of carbonyl (C=O) groups excluding carboxylic acids is 1. The molecule has 1 fully saturated rings. The predicted molar refractivity (Wildman–Crippen MR) is 134 cm³/mol. The molecule has 1 aliphatic rings. The van der Waals surface area contributed by atoms with E-state index in [0.29, 0.717) is 52.0 Å². The molecule has 35 heavy (non-hydrogen) atoms. The summed E-state index contributed by atoms with van der Waals surface area (Å²) >= 11 is 12.2. The summed E-state index contributed by atoms with van der Waals surface area (Å²) in [6.45, 7) is 4.35. The fourth-order valence-electron chi connectivity index (χ4n) is 4.00. The Bertz CT molecular complexity index is 1150. The van der Waals surface area contributed by atoms with E-state index >= 15 is 0 Å². The molecule has 1 unspecified atom stereocenters. The molecule has 0 spiro atoms. The fourth-order valence-corrected chi connectivity index (χ4v) is 4.49. The van der Waals surface area contributed by atoms with Crippen LogP contribution >= 0.6 is 23.2 Å². The Balaban J connectivity index is 1.22. The number of halogens is 2. The van der Waals surface area contributed by atoms with Gasteiger partial charge in [-0.3, -0.25) is 9.69 Å². The van der Waals surface area contributed by atoms with Crippen LogP contribution in [0.25, 0.3) is 11.4 Å². The number of para-hydroxylation sites is 2. The lowest BCUT2D eigenvalue weighted by atomic mass is 9.95. The molecule has 1 saturated heterocycles. The fraction of sp³-hybridized carbons (Fsp3) is 0.400. The molecule has 0 radical (unpaired) electrons. The lowest BCUT2D eigenvalue weighted by Crippen LogP contribution is -2.44. The van der Waals surface area contributed by atoms with Gasteiger partial charge in [-0.25, -0.2) is 0 Å². The van der Waals surface area contributed by atoms with E-state index in [9.17, 15) is 4.79 Å². The maximum absolute atomic E-state index is 12.8. The summed E-state index contributed by atoms with van der Waals surface area (Å²) in [6.07, 6.45) is 1.52. The highest BCUT2D eigenvalue weighted by Crippen LogP contribution is 2.29. The van der Waals surface area contributed by atoms with Gasteiger partial charge in [-0.15, -0.1) is 0 Å². The van der Waals surface area contributed by atoms with Crippen LogP contribution in [0.3, 0.4) is 0 Å². The quantitative estimate of drug-likeness (QED) is 0.433. The smallest absolute Gasteiger partial charge is 0.241 e. The van der Waals surface area contributed by atoms with Gasteiger partial charge in [-0.05, 0) is 63.2 Å². The largest absolute Gasteiger partial charge is 0.493 e. The van der Waals surface area contributed by atoms with Gasteiger partial charge in [0.2, 0.25) is 17.6 Å². The monoisotopic (exact) mass is 518 g/mol. The molecule has 0 bridgehead atoms. The summed E-state index contributed by atoms with van der Waals surface area (Å²) in [4.78, 5) is 19.4. The number of rotatable bonds is 9. The minimum Gasteiger partial charge on any atom is -0.493 e. The number of methoxy groups -OCH3 is 1. The topological polar surface area (TPSA) is 89.7 Å². The molecule has 4 rings (SSSR count). The zero-order valence-corrected chi connectivity index (χ0v) is 21.2. The van der Waals surface area contributed by atoms with Crippen molar-refractivity contribution in [3.63, 3.8) is 0 Å². The van der Waals surface area contributed by atoms with Crippen LogP contribution in [0.4, 0.5) is 0 Å². The number of nitrogens with one attached hydrogen (secondary N) is 1. The second kappa shape index (κ2) is 11.7. The van der Waals surface area contributed by atoms with E-state index in [1.165, 1.54) is 0 Å². The Kier molecular flexibility index (Phi) is 8.49. The van der Waals surface area contributed by atoms with Crippen LogP contribution in [-0.2, 0) is 11.3 Å². The first kappa shape index (κ1) is 25.3. The molecule has 2 aromatic carbocycles. The molecular weight excluding hydrogens is 491 g/mol. The third-order valence-electron chi connectivity index (χ3n) is 5.90. The molecule has 0 aliphatic carbocycles. The molecule has 8 nitrogen and oxygen atoms in total. The van der Waals surface area contributed by atoms with Gasteiger partial charge in [0.05, 0.1) is 24.7 Å². The van der Waals surface area contributed by atoms with E-state index in [4.69, 9.17) is 37.2 Å². The summed E-state index contributed by atoms with van der Waals surface area (Å²) in [6, 6.07) is 12.5. The first-order chi connectivity index (χ1) is 16.9. The number of amides is 1. The molecule has 10 heteroatoms. The summed E-state index contributed by atoms with van der Waals surface area (Å²) in [5.41, 5.74) is 0.672. The number of carbonyl (C=O) groups is 1. The number of hydrogen-bond donors (Lipinski definition) is 1. The number of hydrogen-bond acceptors (Lipinski definition) is 7. The number of aromatic nitrogens is 2. The molecule has 0 saturated carbocycles. The minimum atomic E-state index is -0.123. The van der Waals surface area contributed by atoms with Gasteiger partial charge in [-0.1, -0.05) is 40.5 Å². The van der Waals surface area contributed by atoms with E-state index in [1.54, 1.807) is 25.3 Å². The highest BCUT2D eigenvalue weighted by Gasteiger charge is 2.27. The van der Waals surface area contributed by atoms with E-state index in [0.717, 1.165) is 25.9 Å². The minimum absolute atomic E-state index is 0.0360. The second-order valence-corrected chi connectivity index (χ2v) is 9.40. The molecule has 1 N–H and O–H groups in total. The van der Waals surface area contributed by atoms with Crippen LogP contribution in [0.15, 0.2) is 47.0 Å². The molecule has 1 aliphatic heterocycles. The van der Waals surface area contributed by atoms with Crippen molar-refractivity contribution in [2.75, 3.05) is 26.8 Å². The SMILES string of the molecule is COc1ccccc1OCC(C)NC(=O)C1CCN(Cc2nc(-c3ccc(Cl)cc3Cl)no2)CC1. The zero-order chi connectivity index (χ0) is 24.8. The van der Waals surface area contributed by atoms with Crippen molar-refractivity contribution in [2.45, 2.75) is 32.4 Å². The van der Waals surface area contributed by atoms with Crippen molar-refractivity contribution in [3.05, 3.63) is 58.4 Å². The van der Waals surface area contributed by atoms with Crippen LogP contribution in [0, 0.1) is 5.92 Å². The number of nitrogens with zero attached hydrogens (tertiary/aromatic N) is 3. The maximum Gasteiger partial charge on any atom is 0.241 e. The lowest BCUT2D eigenvalue weighted by Gasteiger charge is -2.30. The Morgan fingerprint density at radius 2 is 1.94 bits per heavy atom. The highest BCUT2D eigenvalue weighted by molar-refractivity contribution is 6.36. The van der Waals surface area contributed by atoms with Gasteiger partial charge in [0.25, 0.3) is 0 Å². The van der Waals surface area contributed by atoms with Crippen LogP contribution in [-0.4, -0.2) is 53.8 Å². The molecule has 1 atom stereocenters.